The standard InChI is InChI=1S/C16H25N5O/c1-20(10-13-5-4-8-22-11-13)15-17-18-19-21(15)12-16-7-3-2-6-14(16)9-16/h5,14H,2-4,6-12H2,1H3. The molecule has 2 saturated carbocycles. The monoisotopic (exact) mass is 303 g/mol. The lowest BCUT2D eigenvalue weighted by Crippen LogP contribution is -2.28. The molecule has 0 bridgehead atoms. The van der Waals surface area contributed by atoms with Crippen LogP contribution in [0.1, 0.15) is 38.5 Å². The Morgan fingerprint density at radius 3 is 3.23 bits per heavy atom. The number of hydrogen-bond donors (Lipinski definition) is 0. The molecule has 6 nitrogen and oxygen atoms in total. The lowest BCUT2D eigenvalue weighted by atomic mass is 9.88. The summed E-state index contributed by atoms with van der Waals surface area (Å²) >= 11 is 0. The number of tetrazole rings is 1. The van der Waals surface area contributed by atoms with Gasteiger partial charge in [0.1, 0.15) is 0 Å². The molecule has 0 radical (unpaired) electrons. The molecule has 1 aliphatic heterocycles. The smallest absolute Gasteiger partial charge is 0.245 e. The van der Waals surface area contributed by atoms with Crippen LogP contribution in [0.25, 0.3) is 0 Å². The van der Waals surface area contributed by atoms with Crippen LogP contribution in [0.2, 0.25) is 0 Å². The minimum Gasteiger partial charge on any atom is -0.377 e. The maximum Gasteiger partial charge on any atom is 0.245 e. The number of ether oxygens (including phenoxy) is 1. The van der Waals surface area contributed by atoms with Gasteiger partial charge in [-0.15, -0.1) is 0 Å². The molecule has 22 heavy (non-hydrogen) atoms. The molecule has 0 saturated heterocycles. The van der Waals surface area contributed by atoms with E-state index in [1.54, 1.807) is 0 Å². The van der Waals surface area contributed by atoms with Gasteiger partial charge in [-0.2, -0.15) is 0 Å². The Balaban J connectivity index is 1.44. The average molecular weight is 303 g/mol. The third kappa shape index (κ3) is 2.64. The molecule has 4 rings (SSSR count). The number of aromatic nitrogens is 4. The highest BCUT2D eigenvalue weighted by molar-refractivity contribution is 5.31. The molecule has 2 unspecified atom stereocenters. The van der Waals surface area contributed by atoms with Crippen molar-refractivity contribution in [1.82, 2.24) is 20.2 Å². The molecule has 1 aromatic heterocycles. The molecule has 2 heterocycles. The minimum atomic E-state index is 0.496. The van der Waals surface area contributed by atoms with Crippen molar-refractivity contribution in [3.8, 4) is 0 Å². The summed E-state index contributed by atoms with van der Waals surface area (Å²) in [7, 11) is 2.07. The molecule has 2 atom stereocenters. The van der Waals surface area contributed by atoms with Crippen LogP contribution >= 0.6 is 0 Å². The first-order valence-electron chi connectivity index (χ1n) is 8.50. The van der Waals surface area contributed by atoms with Crippen LogP contribution in [0.15, 0.2) is 11.6 Å². The molecule has 1 aromatic rings. The predicted molar refractivity (Wildman–Crippen MR) is 83.6 cm³/mol. The summed E-state index contributed by atoms with van der Waals surface area (Å²) in [6.45, 7) is 3.41. The molecule has 2 fully saturated rings. The van der Waals surface area contributed by atoms with Gasteiger partial charge in [-0.1, -0.05) is 24.0 Å². The number of anilines is 1. The zero-order valence-electron chi connectivity index (χ0n) is 13.4. The van der Waals surface area contributed by atoms with Crippen molar-refractivity contribution in [1.29, 1.82) is 0 Å². The maximum absolute atomic E-state index is 5.52. The van der Waals surface area contributed by atoms with Crippen LogP contribution < -0.4 is 4.90 Å². The fraction of sp³-hybridized carbons (Fsp3) is 0.812. The highest BCUT2D eigenvalue weighted by Gasteiger charge is 2.55. The summed E-state index contributed by atoms with van der Waals surface area (Å²) in [4.78, 5) is 2.15. The fourth-order valence-corrected chi connectivity index (χ4v) is 4.25. The second-order valence-electron chi connectivity index (χ2n) is 7.21. The topological polar surface area (TPSA) is 56.1 Å². The number of fused-ring (bicyclic) bond motifs is 1. The first-order chi connectivity index (χ1) is 10.8. The molecule has 0 amide bonds. The van der Waals surface area contributed by atoms with Crippen LogP contribution in [-0.4, -0.2) is 47.0 Å². The van der Waals surface area contributed by atoms with Gasteiger partial charge in [-0.05, 0) is 53.0 Å². The quantitative estimate of drug-likeness (QED) is 0.779. The predicted octanol–water partition coefficient (Wildman–Crippen LogP) is 2.04. The largest absolute Gasteiger partial charge is 0.377 e. The molecular formula is C16H25N5O. The van der Waals surface area contributed by atoms with Crippen molar-refractivity contribution < 1.29 is 4.74 Å². The average Bonchev–Trinajstić information content (AvgIpc) is 3.07. The van der Waals surface area contributed by atoms with E-state index in [2.05, 4.69) is 33.5 Å². The van der Waals surface area contributed by atoms with Gasteiger partial charge in [0.05, 0.1) is 19.8 Å². The number of likely N-dealkylation sites (N-methyl/N-ethyl adjacent to an activating group) is 1. The van der Waals surface area contributed by atoms with Crippen LogP contribution in [0.5, 0.6) is 0 Å². The van der Waals surface area contributed by atoms with Crippen LogP contribution in [0.4, 0.5) is 5.95 Å². The third-order valence-corrected chi connectivity index (χ3v) is 5.58. The first kappa shape index (κ1) is 14.2. The van der Waals surface area contributed by atoms with Crippen molar-refractivity contribution in [3.63, 3.8) is 0 Å². The second kappa shape index (κ2) is 5.65. The van der Waals surface area contributed by atoms with E-state index in [-0.39, 0.29) is 0 Å². The summed E-state index contributed by atoms with van der Waals surface area (Å²) in [5.41, 5.74) is 1.82. The van der Waals surface area contributed by atoms with E-state index in [9.17, 15) is 0 Å². The van der Waals surface area contributed by atoms with Crippen LogP contribution in [0, 0.1) is 11.3 Å². The first-order valence-corrected chi connectivity index (χ1v) is 8.50. The van der Waals surface area contributed by atoms with E-state index in [1.165, 1.54) is 37.7 Å². The molecule has 6 heteroatoms. The minimum absolute atomic E-state index is 0.496. The van der Waals surface area contributed by atoms with Crippen molar-refractivity contribution in [2.45, 2.75) is 45.1 Å². The van der Waals surface area contributed by atoms with Crippen molar-refractivity contribution in [2.75, 3.05) is 31.7 Å². The second-order valence-corrected chi connectivity index (χ2v) is 7.21. The van der Waals surface area contributed by atoms with E-state index in [0.29, 0.717) is 5.41 Å². The van der Waals surface area contributed by atoms with E-state index >= 15 is 0 Å². The Labute approximate surface area is 131 Å². The summed E-state index contributed by atoms with van der Waals surface area (Å²) in [6.07, 6.45) is 10.2. The molecule has 2 aliphatic carbocycles. The molecule has 0 N–H and O–H groups in total. The van der Waals surface area contributed by atoms with Gasteiger partial charge in [0.2, 0.25) is 5.95 Å². The van der Waals surface area contributed by atoms with Gasteiger partial charge in [0, 0.05) is 13.6 Å². The van der Waals surface area contributed by atoms with Gasteiger partial charge in [0.25, 0.3) is 0 Å². The fourth-order valence-electron chi connectivity index (χ4n) is 4.25. The Kier molecular flexibility index (Phi) is 3.64. The Bertz CT molecular complexity index is 569. The van der Waals surface area contributed by atoms with E-state index in [4.69, 9.17) is 4.74 Å². The van der Waals surface area contributed by atoms with Gasteiger partial charge >= 0.3 is 0 Å². The zero-order chi connectivity index (χ0) is 15.0. The lowest BCUT2D eigenvalue weighted by molar-refractivity contribution is 0.149. The Morgan fingerprint density at radius 2 is 2.41 bits per heavy atom. The van der Waals surface area contributed by atoms with Crippen molar-refractivity contribution in [2.24, 2.45) is 11.3 Å². The van der Waals surface area contributed by atoms with Crippen molar-refractivity contribution in [3.05, 3.63) is 11.6 Å². The van der Waals surface area contributed by atoms with Crippen LogP contribution in [0.3, 0.4) is 0 Å². The van der Waals surface area contributed by atoms with E-state index < -0.39 is 0 Å². The van der Waals surface area contributed by atoms with Gasteiger partial charge in [0.15, 0.2) is 0 Å². The zero-order valence-corrected chi connectivity index (χ0v) is 13.4. The summed E-state index contributed by atoms with van der Waals surface area (Å²) in [6, 6.07) is 0. The van der Waals surface area contributed by atoms with Crippen molar-refractivity contribution >= 4 is 5.95 Å². The third-order valence-electron chi connectivity index (χ3n) is 5.58. The number of hydrogen-bond acceptors (Lipinski definition) is 5. The van der Waals surface area contributed by atoms with Crippen LogP contribution in [-0.2, 0) is 11.3 Å². The lowest BCUT2D eigenvalue weighted by Gasteiger charge is -2.25. The summed E-state index contributed by atoms with van der Waals surface area (Å²) in [5, 5.41) is 12.4. The highest BCUT2D eigenvalue weighted by Crippen LogP contribution is 2.62. The summed E-state index contributed by atoms with van der Waals surface area (Å²) in [5.74, 6) is 1.80. The molecule has 0 aromatic carbocycles. The summed E-state index contributed by atoms with van der Waals surface area (Å²) < 4.78 is 7.54. The molecule has 0 spiro atoms. The number of nitrogens with zero attached hydrogens (tertiary/aromatic N) is 5. The van der Waals surface area contributed by atoms with Gasteiger partial charge in [-0.25, -0.2) is 4.68 Å². The normalized spacial score (nSPS) is 30.6. The van der Waals surface area contributed by atoms with Gasteiger partial charge in [-0.3, -0.25) is 0 Å². The maximum atomic E-state index is 5.52. The molecule has 3 aliphatic rings. The van der Waals surface area contributed by atoms with E-state index in [1.807, 2.05) is 4.68 Å². The molecular weight excluding hydrogens is 278 g/mol. The molecule has 120 valence electrons. The number of rotatable bonds is 5. The Hall–Kier alpha value is -1.43. The van der Waals surface area contributed by atoms with Gasteiger partial charge < -0.3 is 9.64 Å². The Morgan fingerprint density at radius 1 is 1.45 bits per heavy atom. The SMILES string of the molecule is CN(CC1=CCCOC1)c1nnnn1CC12CCCCC1C2. The van der Waals surface area contributed by atoms with E-state index in [0.717, 1.165) is 44.6 Å². The highest BCUT2D eigenvalue weighted by atomic mass is 16.5.